The van der Waals surface area contributed by atoms with Gasteiger partial charge in [0.25, 0.3) is 8.32 Å². The minimum atomic E-state index is -2.35. The second-order valence-electron chi connectivity index (χ2n) is 10.6. The highest BCUT2D eigenvalue weighted by Gasteiger charge is 2.45. The zero-order chi connectivity index (χ0) is 24.0. The number of likely N-dealkylation sites (tertiary alicyclic amines) is 1. The maximum atomic E-state index is 13.1. The molecule has 1 heterocycles. The first-order valence-corrected chi connectivity index (χ1v) is 14.0. The van der Waals surface area contributed by atoms with E-state index in [2.05, 4.69) is 20.8 Å². The zero-order valence-corrected chi connectivity index (χ0v) is 21.6. The van der Waals surface area contributed by atoms with Crippen molar-refractivity contribution in [3.8, 4) is 0 Å². The number of ether oxygens (including phenoxy) is 3. The van der Waals surface area contributed by atoms with E-state index in [9.17, 15) is 14.4 Å². The van der Waals surface area contributed by atoms with Gasteiger partial charge in [0.2, 0.25) is 0 Å². The van der Waals surface area contributed by atoms with Gasteiger partial charge in [-0.05, 0) is 42.8 Å². The predicted molar refractivity (Wildman–Crippen MR) is 120 cm³/mol. The lowest BCUT2D eigenvalue weighted by Crippen LogP contribution is -2.56. The number of carbonyl (C=O) groups is 3. The lowest BCUT2D eigenvalue weighted by Gasteiger charge is -2.41. The van der Waals surface area contributed by atoms with E-state index in [-0.39, 0.29) is 36.6 Å². The van der Waals surface area contributed by atoms with Crippen LogP contribution in [-0.4, -0.2) is 63.3 Å². The standard InChI is InChI=1S/C22H41NO7Si/c1-15(2)13-27-20(25)23-12-17(29-21(26)28-14-16(3)4)10-11-18(23)19(24)30-31(8,9)22(5,6)7/h15-18H,10-14H2,1-9H3/t17-,18+/m1/s1. The molecule has 0 aromatic heterocycles. The van der Waals surface area contributed by atoms with Gasteiger partial charge >= 0.3 is 18.2 Å². The minimum absolute atomic E-state index is 0.0605. The Labute approximate surface area is 188 Å². The van der Waals surface area contributed by atoms with Crippen LogP contribution in [0, 0.1) is 11.8 Å². The highest BCUT2D eigenvalue weighted by molar-refractivity contribution is 6.75. The molecule has 8 nitrogen and oxygen atoms in total. The van der Waals surface area contributed by atoms with Gasteiger partial charge in [0.15, 0.2) is 0 Å². The molecule has 0 aliphatic carbocycles. The molecule has 0 aromatic carbocycles. The summed E-state index contributed by atoms with van der Waals surface area (Å²) in [7, 11) is -2.35. The van der Waals surface area contributed by atoms with E-state index in [0.717, 1.165) is 0 Å². The lowest BCUT2D eigenvalue weighted by molar-refractivity contribution is -0.143. The first kappa shape index (κ1) is 27.3. The maximum Gasteiger partial charge on any atom is 0.508 e. The molecule has 31 heavy (non-hydrogen) atoms. The molecule has 0 saturated carbocycles. The van der Waals surface area contributed by atoms with Crippen molar-refractivity contribution in [3.05, 3.63) is 0 Å². The van der Waals surface area contributed by atoms with Crippen LogP contribution < -0.4 is 0 Å². The first-order chi connectivity index (χ1) is 14.1. The number of amides is 1. The summed E-state index contributed by atoms with van der Waals surface area (Å²) in [5.41, 5.74) is 0. The molecule has 1 saturated heterocycles. The van der Waals surface area contributed by atoms with Gasteiger partial charge in [-0.3, -0.25) is 9.69 Å². The van der Waals surface area contributed by atoms with Crippen LogP contribution >= 0.6 is 0 Å². The number of hydrogen-bond donors (Lipinski definition) is 0. The summed E-state index contributed by atoms with van der Waals surface area (Å²) in [6.07, 6.45) is -1.18. The van der Waals surface area contributed by atoms with Gasteiger partial charge in [0, 0.05) is 0 Å². The SMILES string of the molecule is CC(C)COC(=O)O[C@@H]1CC[C@@H](C(=O)O[Si](C)(C)C(C)(C)C)N(C(=O)OCC(C)C)C1. The van der Waals surface area contributed by atoms with Gasteiger partial charge in [0.05, 0.1) is 19.8 Å². The third-order valence-corrected chi connectivity index (χ3v) is 9.87. The summed E-state index contributed by atoms with van der Waals surface area (Å²) in [5.74, 6) is -0.0748. The molecule has 1 aliphatic rings. The van der Waals surface area contributed by atoms with Crippen LogP contribution in [0.1, 0.15) is 61.3 Å². The molecular formula is C22H41NO7Si. The van der Waals surface area contributed by atoms with Crippen molar-refractivity contribution >= 4 is 26.5 Å². The monoisotopic (exact) mass is 459 g/mol. The molecule has 0 aromatic rings. The van der Waals surface area contributed by atoms with Crippen LogP contribution in [0.3, 0.4) is 0 Å². The second kappa shape index (κ2) is 11.2. The average molecular weight is 460 g/mol. The molecule has 180 valence electrons. The summed E-state index contributed by atoms with van der Waals surface area (Å²) < 4.78 is 21.8. The summed E-state index contributed by atoms with van der Waals surface area (Å²) in [5, 5.41) is -0.147. The molecule has 1 rings (SSSR count). The summed E-state index contributed by atoms with van der Waals surface area (Å²) in [4.78, 5) is 39.1. The summed E-state index contributed by atoms with van der Waals surface area (Å²) in [6, 6.07) is -0.764. The summed E-state index contributed by atoms with van der Waals surface area (Å²) in [6.45, 7) is 18.4. The van der Waals surface area contributed by atoms with Crippen molar-refractivity contribution in [3.63, 3.8) is 0 Å². The van der Waals surface area contributed by atoms with Crippen LogP contribution in [0.15, 0.2) is 0 Å². The third kappa shape index (κ3) is 8.71. The molecule has 0 spiro atoms. The molecule has 0 radical (unpaired) electrons. The Morgan fingerprint density at radius 1 is 0.968 bits per heavy atom. The van der Waals surface area contributed by atoms with Gasteiger partial charge < -0.3 is 18.6 Å². The molecule has 1 fully saturated rings. The van der Waals surface area contributed by atoms with Crippen molar-refractivity contribution in [1.82, 2.24) is 4.90 Å². The fourth-order valence-corrected chi connectivity index (χ4v) is 3.62. The fourth-order valence-electron chi connectivity index (χ4n) is 2.68. The Balaban J connectivity index is 2.91. The van der Waals surface area contributed by atoms with Crippen molar-refractivity contribution in [2.75, 3.05) is 19.8 Å². The van der Waals surface area contributed by atoms with E-state index in [4.69, 9.17) is 18.6 Å². The Kier molecular flexibility index (Phi) is 9.85. The Hall–Kier alpha value is -1.77. The van der Waals surface area contributed by atoms with Crippen LogP contribution in [0.2, 0.25) is 18.1 Å². The molecular weight excluding hydrogens is 418 g/mol. The highest BCUT2D eigenvalue weighted by atomic mass is 28.4. The normalized spacial score (nSPS) is 19.9. The Bertz CT molecular complexity index is 628. The highest BCUT2D eigenvalue weighted by Crippen LogP contribution is 2.37. The van der Waals surface area contributed by atoms with Crippen molar-refractivity contribution in [2.45, 2.75) is 91.6 Å². The third-order valence-electron chi connectivity index (χ3n) is 5.54. The predicted octanol–water partition coefficient (Wildman–Crippen LogP) is 4.97. The Morgan fingerprint density at radius 2 is 1.52 bits per heavy atom. The van der Waals surface area contributed by atoms with Gasteiger partial charge in [-0.25, -0.2) is 9.59 Å². The quantitative estimate of drug-likeness (QED) is 0.392. The molecule has 1 amide bonds. The van der Waals surface area contributed by atoms with Crippen LogP contribution in [0.5, 0.6) is 0 Å². The van der Waals surface area contributed by atoms with E-state index in [1.54, 1.807) is 0 Å². The smallest absolute Gasteiger partial charge is 0.508 e. The molecule has 0 bridgehead atoms. The number of carbonyl (C=O) groups excluding carboxylic acids is 3. The maximum absolute atomic E-state index is 13.1. The minimum Gasteiger partial charge on any atom is -0.518 e. The molecule has 2 atom stereocenters. The summed E-state index contributed by atoms with van der Waals surface area (Å²) >= 11 is 0. The number of nitrogens with zero attached hydrogens (tertiary/aromatic N) is 1. The van der Waals surface area contributed by atoms with Crippen molar-refractivity contribution in [2.24, 2.45) is 11.8 Å². The molecule has 1 aliphatic heterocycles. The Morgan fingerprint density at radius 3 is 2.03 bits per heavy atom. The van der Waals surface area contributed by atoms with Gasteiger partial charge in [-0.2, -0.15) is 0 Å². The molecule has 0 N–H and O–H groups in total. The van der Waals surface area contributed by atoms with Crippen LogP contribution in [0.4, 0.5) is 9.59 Å². The van der Waals surface area contributed by atoms with E-state index in [0.29, 0.717) is 12.8 Å². The van der Waals surface area contributed by atoms with Crippen LogP contribution in [0.25, 0.3) is 0 Å². The van der Waals surface area contributed by atoms with Gasteiger partial charge in [-0.1, -0.05) is 48.5 Å². The second-order valence-corrected chi connectivity index (χ2v) is 15.3. The van der Waals surface area contributed by atoms with Crippen molar-refractivity contribution in [1.29, 1.82) is 0 Å². The first-order valence-electron chi connectivity index (χ1n) is 11.1. The van der Waals surface area contributed by atoms with E-state index in [1.807, 2.05) is 40.8 Å². The van der Waals surface area contributed by atoms with E-state index in [1.165, 1.54) is 4.90 Å². The number of piperidine rings is 1. The number of hydrogen-bond acceptors (Lipinski definition) is 7. The van der Waals surface area contributed by atoms with Gasteiger partial charge in [-0.15, -0.1) is 0 Å². The van der Waals surface area contributed by atoms with Crippen molar-refractivity contribution < 1.29 is 33.0 Å². The largest absolute Gasteiger partial charge is 0.518 e. The fraction of sp³-hybridized carbons (Fsp3) is 0.864. The van der Waals surface area contributed by atoms with Gasteiger partial charge in [0.1, 0.15) is 12.1 Å². The topological polar surface area (TPSA) is 91.4 Å². The van der Waals surface area contributed by atoms with E-state index < -0.39 is 38.7 Å². The number of rotatable bonds is 7. The lowest BCUT2D eigenvalue weighted by atomic mass is 10.0. The molecule has 0 unspecified atom stereocenters. The average Bonchev–Trinajstić information content (AvgIpc) is 2.63. The molecule has 9 heteroatoms. The van der Waals surface area contributed by atoms with E-state index >= 15 is 0 Å². The van der Waals surface area contributed by atoms with Crippen LogP contribution in [-0.2, 0) is 23.4 Å². The zero-order valence-electron chi connectivity index (χ0n) is 20.6.